The number of aromatic nitrogens is 2. The smallest absolute Gasteiger partial charge is 0.207 e. The maximum Gasteiger partial charge on any atom is 0.207 e. The minimum absolute atomic E-state index is 0.687. The summed E-state index contributed by atoms with van der Waals surface area (Å²) >= 11 is 0. The second kappa shape index (κ2) is 5.58. The van der Waals surface area contributed by atoms with Crippen LogP contribution in [0, 0.1) is 6.92 Å². The zero-order valence-corrected chi connectivity index (χ0v) is 11.1. The molecule has 0 aliphatic heterocycles. The van der Waals surface area contributed by atoms with E-state index in [-0.39, 0.29) is 0 Å². The molecule has 18 heavy (non-hydrogen) atoms. The first-order valence-corrected chi connectivity index (χ1v) is 6.26. The van der Waals surface area contributed by atoms with Crippen molar-refractivity contribution in [1.29, 1.82) is 0 Å². The lowest BCUT2D eigenvalue weighted by Crippen LogP contribution is -2.01. The standard InChI is InChI=1S/C14H19N3O/c1-4-17-10-11(3)15-14(17)16-12-6-8-13(9-7-12)18-5-2/h6-10H,4-5H2,1-3H3,(H,15,16). The normalized spacial score (nSPS) is 10.4. The van der Waals surface area contributed by atoms with Crippen LogP contribution >= 0.6 is 0 Å². The Balaban J connectivity index is 2.12. The number of rotatable bonds is 5. The fourth-order valence-electron chi connectivity index (χ4n) is 1.82. The van der Waals surface area contributed by atoms with Crippen LogP contribution in [0.3, 0.4) is 0 Å². The van der Waals surface area contributed by atoms with Crippen LogP contribution in [0.5, 0.6) is 5.75 Å². The molecule has 0 unspecified atom stereocenters. The molecule has 4 nitrogen and oxygen atoms in total. The summed E-state index contributed by atoms with van der Waals surface area (Å²) in [5, 5.41) is 3.31. The van der Waals surface area contributed by atoms with Crippen LogP contribution in [-0.4, -0.2) is 16.2 Å². The number of hydrogen-bond acceptors (Lipinski definition) is 3. The highest BCUT2D eigenvalue weighted by molar-refractivity contribution is 5.55. The predicted octanol–water partition coefficient (Wildman–Crippen LogP) is 3.35. The molecule has 0 fully saturated rings. The summed E-state index contributed by atoms with van der Waals surface area (Å²) in [6, 6.07) is 7.90. The van der Waals surface area contributed by atoms with Crippen molar-refractivity contribution in [2.24, 2.45) is 0 Å². The first kappa shape index (κ1) is 12.5. The Morgan fingerprint density at radius 2 is 1.94 bits per heavy atom. The Kier molecular flexibility index (Phi) is 3.87. The lowest BCUT2D eigenvalue weighted by molar-refractivity contribution is 0.340. The van der Waals surface area contributed by atoms with Crippen molar-refractivity contribution in [2.45, 2.75) is 27.3 Å². The highest BCUT2D eigenvalue weighted by atomic mass is 16.5. The van der Waals surface area contributed by atoms with Crippen LogP contribution in [0.4, 0.5) is 11.6 Å². The monoisotopic (exact) mass is 245 g/mol. The molecule has 2 rings (SSSR count). The van der Waals surface area contributed by atoms with Crippen LogP contribution in [0.1, 0.15) is 19.5 Å². The highest BCUT2D eigenvalue weighted by Crippen LogP contribution is 2.19. The van der Waals surface area contributed by atoms with Crippen molar-refractivity contribution < 1.29 is 4.74 Å². The average molecular weight is 245 g/mol. The van der Waals surface area contributed by atoms with Crippen molar-refractivity contribution in [3.8, 4) is 5.75 Å². The second-order valence-electron chi connectivity index (χ2n) is 4.07. The van der Waals surface area contributed by atoms with E-state index >= 15 is 0 Å². The predicted molar refractivity (Wildman–Crippen MR) is 73.5 cm³/mol. The quantitative estimate of drug-likeness (QED) is 0.878. The van der Waals surface area contributed by atoms with Crippen LogP contribution in [-0.2, 0) is 6.54 Å². The fourth-order valence-corrected chi connectivity index (χ4v) is 1.82. The molecule has 96 valence electrons. The van der Waals surface area contributed by atoms with E-state index < -0.39 is 0 Å². The number of ether oxygens (including phenoxy) is 1. The molecule has 4 heteroatoms. The molecule has 0 bridgehead atoms. The van der Waals surface area contributed by atoms with Crippen LogP contribution < -0.4 is 10.1 Å². The van der Waals surface area contributed by atoms with Gasteiger partial charge in [0, 0.05) is 18.4 Å². The maximum atomic E-state index is 5.41. The van der Waals surface area contributed by atoms with Gasteiger partial charge in [-0.1, -0.05) is 0 Å². The molecule has 1 N–H and O–H groups in total. The van der Waals surface area contributed by atoms with Gasteiger partial charge in [-0.05, 0) is 45.0 Å². The number of nitrogens with zero attached hydrogens (tertiary/aromatic N) is 2. The molecule has 1 aromatic heterocycles. The Hall–Kier alpha value is -1.97. The summed E-state index contributed by atoms with van der Waals surface area (Å²) in [7, 11) is 0. The summed E-state index contributed by atoms with van der Waals surface area (Å²) in [4.78, 5) is 4.46. The molecule has 2 aromatic rings. The van der Waals surface area contributed by atoms with Gasteiger partial charge in [-0.3, -0.25) is 0 Å². The summed E-state index contributed by atoms with van der Waals surface area (Å²) in [6.07, 6.45) is 2.04. The van der Waals surface area contributed by atoms with Crippen molar-refractivity contribution in [3.05, 3.63) is 36.2 Å². The number of imidazole rings is 1. The SMILES string of the molecule is CCOc1ccc(Nc2nc(C)cn2CC)cc1. The van der Waals surface area contributed by atoms with Gasteiger partial charge in [0.15, 0.2) is 0 Å². The minimum atomic E-state index is 0.687. The summed E-state index contributed by atoms with van der Waals surface area (Å²) < 4.78 is 7.50. The third-order valence-electron chi connectivity index (χ3n) is 2.66. The van der Waals surface area contributed by atoms with Gasteiger partial charge in [-0.25, -0.2) is 4.98 Å². The van der Waals surface area contributed by atoms with Crippen LogP contribution in [0.2, 0.25) is 0 Å². The molecular formula is C14H19N3O. The highest BCUT2D eigenvalue weighted by Gasteiger charge is 2.04. The molecule has 0 aliphatic rings. The van der Waals surface area contributed by atoms with Crippen molar-refractivity contribution in [2.75, 3.05) is 11.9 Å². The van der Waals surface area contributed by atoms with E-state index in [1.54, 1.807) is 0 Å². The number of anilines is 2. The Bertz CT molecular complexity index is 502. The van der Waals surface area contributed by atoms with Gasteiger partial charge in [0.2, 0.25) is 5.95 Å². The largest absolute Gasteiger partial charge is 0.494 e. The van der Waals surface area contributed by atoms with Gasteiger partial charge in [-0.2, -0.15) is 0 Å². The molecule has 0 saturated carbocycles. The lowest BCUT2D eigenvalue weighted by atomic mass is 10.3. The molecule has 0 saturated heterocycles. The maximum absolute atomic E-state index is 5.41. The van der Waals surface area contributed by atoms with E-state index in [1.807, 2.05) is 44.3 Å². The minimum Gasteiger partial charge on any atom is -0.494 e. The second-order valence-corrected chi connectivity index (χ2v) is 4.07. The Labute approximate surface area is 108 Å². The summed E-state index contributed by atoms with van der Waals surface area (Å²) in [6.45, 7) is 7.67. The molecular weight excluding hydrogens is 226 g/mol. The number of nitrogens with one attached hydrogen (secondary N) is 1. The summed E-state index contributed by atoms with van der Waals surface area (Å²) in [5.74, 6) is 1.76. The average Bonchev–Trinajstić information content (AvgIpc) is 2.72. The van der Waals surface area contributed by atoms with Crippen molar-refractivity contribution in [1.82, 2.24) is 9.55 Å². The van der Waals surface area contributed by atoms with Gasteiger partial charge in [0.25, 0.3) is 0 Å². The van der Waals surface area contributed by atoms with Crippen molar-refractivity contribution in [3.63, 3.8) is 0 Å². The van der Waals surface area contributed by atoms with E-state index in [4.69, 9.17) is 4.74 Å². The first-order valence-electron chi connectivity index (χ1n) is 6.26. The van der Waals surface area contributed by atoms with Gasteiger partial charge in [-0.15, -0.1) is 0 Å². The topological polar surface area (TPSA) is 39.1 Å². The van der Waals surface area contributed by atoms with Crippen molar-refractivity contribution >= 4 is 11.6 Å². The van der Waals surface area contributed by atoms with E-state index in [1.165, 1.54) is 0 Å². The number of benzene rings is 1. The molecule has 1 heterocycles. The third kappa shape index (κ3) is 2.83. The van der Waals surface area contributed by atoms with E-state index in [2.05, 4.69) is 21.8 Å². The Morgan fingerprint density at radius 3 is 2.56 bits per heavy atom. The molecule has 0 amide bonds. The fraction of sp³-hybridized carbons (Fsp3) is 0.357. The molecule has 1 aromatic carbocycles. The molecule has 0 aliphatic carbocycles. The lowest BCUT2D eigenvalue weighted by Gasteiger charge is -2.08. The van der Waals surface area contributed by atoms with Gasteiger partial charge in [0.05, 0.1) is 12.3 Å². The first-order chi connectivity index (χ1) is 8.72. The zero-order valence-electron chi connectivity index (χ0n) is 11.1. The zero-order chi connectivity index (χ0) is 13.0. The number of aryl methyl sites for hydroxylation is 2. The van der Waals surface area contributed by atoms with E-state index in [0.717, 1.165) is 29.6 Å². The molecule has 0 atom stereocenters. The van der Waals surface area contributed by atoms with Crippen LogP contribution in [0.15, 0.2) is 30.5 Å². The van der Waals surface area contributed by atoms with Crippen LogP contribution in [0.25, 0.3) is 0 Å². The Morgan fingerprint density at radius 1 is 1.22 bits per heavy atom. The van der Waals surface area contributed by atoms with E-state index in [9.17, 15) is 0 Å². The molecule has 0 spiro atoms. The third-order valence-corrected chi connectivity index (χ3v) is 2.66. The van der Waals surface area contributed by atoms with Gasteiger partial charge >= 0.3 is 0 Å². The van der Waals surface area contributed by atoms with Gasteiger partial charge < -0.3 is 14.6 Å². The summed E-state index contributed by atoms with van der Waals surface area (Å²) in [5.41, 5.74) is 2.03. The van der Waals surface area contributed by atoms with Gasteiger partial charge in [0.1, 0.15) is 5.75 Å². The number of hydrogen-bond donors (Lipinski definition) is 1. The molecule has 0 radical (unpaired) electrons. The van der Waals surface area contributed by atoms with E-state index in [0.29, 0.717) is 6.61 Å².